The van der Waals surface area contributed by atoms with Gasteiger partial charge in [-0.15, -0.1) is 0 Å². The van der Waals surface area contributed by atoms with Crippen LogP contribution in [0.25, 0.3) is 6.08 Å². The lowest BCUT2D eigenvalue weighted by Crippen LogP contribution is -2.25. The predicted molar refractivity (Wildman–Crippen MR) is 129 cm³/mol. The molecular formula is C24H20ClN3O6. The molecule has 0 aromatic heterocycles. The maximum atomic E-state index is 13.1. The van der Waals surface area contributed by atoms with Crippen LogP contribution in [0.1, 0.15) is 5.56 Å². The molecule has 2 N–H and O–H groups in total. The van der Waals surface area contributed by atoms with Crippen molar-refractivity contribution in [2.45, 2.75) is 0 Å². The van der Waals surface area contributed by atoms with Crippen molar-refractivity contribution in [3.8, 4) is 11.5 Å². The summed E-state index contributed by atoms with van der Waals surface area (Å²) in [5.41, 5.74) is 0.0560. The normalized spacial score (nSPS) is 10.1. The van der Waals surface area contributed by atoms with Crippen LogP contribution in [0.2, 0.25) is 5.02 Å². The predicted octanol–water partition coefficient (Wildman–Crippen LogP) is 4.93. The van der Waals surface area contributed by atoms with Crippen molar-refractivity contribution in [1.29, 1.82) is 0 Å². The van der Waals surface area contributed by atoms with Crippen molar-refractivity contribution in [1.82, 2.24) is 0 Å². The smallest absolute Gasteiger partial charge is 0.278 e. The van der Waals surface area contributed by atoms with E-state index in [9.17, 15) is 19.7 Å². The van der Waals surface area contributed by atoms with Crippen LogP contribution in [0.3, 0.4) is 0 Å². The number of carbonyl (C=O) groups is 2. The summed E-state index contributed by atoms with van der Waals surface area (Å²) in [6.45, 7) is 0. The van der Waals surface area contributed by atoms with E-state index in [1.807, 2.05) is 0 Å². The van der Waals surface area contributed by atoms with Crippen LogP contribution in [-0.2, 0) is 9.59 Å². The van der Waals surface area contributed by atoms with Gasteiger partial charge in [0.2, 0.25) is 0 Å². The third-order valence-corrected chi connectivity index (χ3v) is 4.87. The Morgan fingerprint density at radius 1 is 0.882 bits per heavy atom. The first kappa shape index (κ1) is 24.3. The van der Waals surface area contributed by atoms with Crippen molar-refractivity contribution in [2.75, 3.05) is 24.9 Å². The van der Waals surface area contributed by atoms with E-state index < -0.39 is 16.7 Å². The number of nitro benzene ring substituents is 1. The van der Waals surface area contributed by atoms with E-state index in [1.54, 1.807) is 48.5 Å². The van der Waals surface area contributed by atoms with E-state index in [4.69, 9.17) is 21.1 Å². The molecule has 174 valence electrons. The van der Waals surface area contributed by atoms with E-state index in [0.717, 1.165) is 12.1 Å². The van der Waals surface area contributed by atoms with Gasteiger partial charge in [0.25, 0.3) is 17.5 Å². The van der Waals surface area contributed by atoms with Gasteiger partial charge in [-0.2, -0.15) is 0 Å². The quantitative estimate of drug-likeness (QED) is 0.155. The minimum atomic E-state index is -0.780. The molecule has 2 amide bonds. The summed E-state index contributed by atoms with van der Waals surface area (Å²) in [5.74, 6) is -0.564. The summed E-state index contributed by atoms with van der Waals surface area (Å²) in [7, 11) is 2.96. The molecule has 0 heterocycles. The Morgan fingerprint density at radius 2 is 1.41 bits per heavy atom. The number of rotatable bonds is 8. The monoisotopic (exact) mass is 481 g/mol. The SMILES string of the molecule is COc1cccc(NC(=O)C(=Cc2ccc(Cl)cc2[N+](=O)[O-])C(=O)Nc2cccc(OC)c2)c1. The van der Waals surface area contributed by atoms with E-state index in [-0.39, 0.29) is 21.8 Å². The molecule has 0 bridgehead atoms. The molecule has 3 rings (SSSR count). The number of nitrogens with one attached hydrogen (secondary N) is 2. The zero-order chi connectivity index (χ0) is 24.7. The van der Waals surface area contributed by atoms with Crippen molar-refractivity contribution < 1.29 is 24.0 Å². The number of anilines is 2. The van der Waals surface area contributed by atoms with Gasteiger partial charge in [0.05, 0.1) is 24.7 Å². The van der Waals surface area contributed by atoms with Gasteiger partial charge in [-0.3, -0.25) is 19.7 Å². The average Bonchev–Trinajstić information content (AvgIpc) is 2.83. The van der Waals surface area contributed by atoms with E-state index in [2.05, 4.69) is 10.6 Å². The largest absolute Gasteiger partial charge is 0.497 e. The number of methoxy groups -OCH3 is 2. The summed E-state index contributed by atoms with van der Waals surface area (Å²) in [4.78, 5) is 37.1. The standard InChI is InChI=1S/C24H20ClN3O6/c1-33-19-7-3-5-17(13-19)26-23(29)21(11-15-9-10-16(25)12-22(15)28(31)32)24(30)27-18-6-4-8-20(14-18)34-2/h3-14H,1-2H3,(H,26,29)(H,27,30). The van der Waals surface area contributed by atoms with Crippen LogP contribution in [0.4, 0.5) is 17.1 Å². The maximum absolute atomic E-state index is 13.1. The van der Waals surface area contributed by atoms with Gasteiger partial charge >= 0.3 is 0 Å². The molecule has 34 heavy (non-hydrogen) atoms. The number of hydrogen-bond acceptors (Lipinski definition) is 6. The highest BCUT2D eigenvalue weighted by molar-refractivity contribution is 6.31. The number of nitrogens with zero attached hydrogens (tertiary/aromatic N) is 1. The van der Waals surface area contributed by atoms with E-state index in [0.29, 0.717) is 22.9 Å². The fraction of sp³-hybridized carbons (Fsp3) is 0.0833. The lowest BCUT2D eigenvalue weighted by molar-refractivity contribution is -0.385. The minimum Gasteiger partial charge on any atom is -0.497 e. The number of halogens is 1. The third-order valence-electron chi connectivity index (χ3n) is 4.63. The Hall–Kier alpha value is -4.37. The number of carbonyl (C=O) groups excluding carboxylic acids is 2. The molecule has 0 saturated heterocycles. The van der Waals surface area contributed by atoms with Crippen molar-refractivity contribution in [3.63, 3.8) is 0 Å². The molecule has 9 nitrogen and oxygen atoms in total. The number of hydrogen-bond donors (Lipinski definition) is 2. The van der Waals surface area contributed by atoms with Crippen molar-refractivity contribution in [2.24, 2.45) is 0 Å². The average molecular weight is 482 g/mol. The molecule has 0 spiro atoms. The Bertz CT molecular complexity index is 1210. The summed E-state index contributed by atoms with van der Waals surface area (Å²) >= 11 is 5.89. The van der Waals surface area contributed by atoms with Gasteiger partial charge < -0.3 is 20.1 Å². The molecule has 3 aromatic rings. The van der Waals surface area contributed by atoms with Gasteiger partial charge in [0.1, 0.15) is 17.1 Å². The second-order valence-corrected chi connectivity index (χ2v) is 7.33. The highest BCUT2D eigenvalue weighted by Crippen LogP contribution is 2.27. The maximum Gasteiger partial charge on any atom is 0.278 e. The molecule has 0 fully saturated rings. The van der Waals surface area contributed by atoms with Crippen molar-refractivity contribution >= 4 is 46.6 Å². The second-order valence-electron chi connectivity index (χ2n) is 6.89. The molecule has 0 aliphatic carbocycles. The molecule has 0 aliphatic heterocycles. The van der Waals surface area contributed by atoms with Crippen LogP contribution >= 0.6 is 11.6 Å². The molecule has 0 atom stereocenters. The van der Waals surface area contributed by atoms with E-state index in [1.165, 1.54) is 26.4 Å². The zero-order valence-electron chi connectivity index (χ0n) is 18.2. The molecule has 0 radical (unpaired) electrons. The summed E-state index contributed by atoms with van der Waals surface area (Å²) in [6, 6.07) is 17.0. The molecule has 0 aliphatic rings. The molecular weight excluding hydrogens is 462 g/mol. The van der Waals surface area contributed by atoms with Crippen LogP contribution in [0.5, 0.6) is 11.5 Å². The van der Waals surface area contributed by atoms with Gasteiger partial charge in [-0.25, -0.2) is 0 Å². The number of benzene rings is 3. The summed E-state index contributed by atoms with van der Waals surface area (Å²) in [5, 5.41) is 16.9. The Kier molecular flexibility index (Phi) is 7.83. The highest BCUT2D eigenvalue weighted by atomic mass is 35.5. The lowest BCUT2D eigenvalue weighted by Gasteiger charge is -2.12. The fourth-order valence-corrected chi connectivity index (χ4v) is 3.15. The zero-order valence-corrected chi connectivity index (χ0v) is 19.0. The number of nitro groups is 1. The molecule has 3 aromatic carbocycles. The topological polar surface area (TPSA) is 120 Å². The fourth-order valence-electron chi connectivity index (χ4n) is 2.99. The summed E-state index contributed by atoms with van der Waals surface area (Å²) < 4.78 is 10.3. The van der Waals surface area contributed by atoms with Gasteiger partial charge in [0, 0.05) is 34.6 Å². The number of ether oxygens (including phenoxy) is 2. The number of amides is 2. The first-order valence-electron chi connectivity index (χ1n) is 9.87. The highest BCUT2D eigenvalue weighted by Gasteiger charge is 2.22. The van der Waals surface area contributed by atoms with Gasteiger partial charge in [-0.1, -0.05) is 23.7 Å². The Morgan fingerprint density at radius 3 is 1.88 bits per heavy atom. The lowest BCUT2D eigenvalue weighted by atomic mass is 10.1. The molecule has 0 unspecified atom stereocenters. The Balaban J connectivity index is 2.01. The van der Waals surface area contributed by atoms with Crippen LogP contribution < -0.4 is 20.1 Å². The van der Waals surface area contributed by atoms with Crippen LogP contribution in [0, 0.1) is 10.1 Å². The van der Waals surface area contributed by atoms with Crippen LogP contribution in [0.15, 0.2) is 72.3 Å². The third kappa shape index (κ3) is 6.11. The first-order chi connectivity index (χ1) is 16.3. The first-order valence-corrected chi connectivity index (χ1v) is 10.2. The summed E-state index contributed by atoms with van der Waals surface area (Å²) in [6.07, 6.45) is 1.14. The molecule has 10 heteroatoms. The minimum absolute atomic E-state index is 0.0333. The Labute approximate surface area is 200 Å². The van der Waals surface area contributed by atoms with Gasteiger partial charge in [0.15, 0.2) is 0 Å². The van der Waals surface area contributed by atoms with Crippen LogP contribution in [-0.4, -0.2) is 31.0 Å². The second kappa shape index (κ2) is 11.0. The van der Waals surface area contributed by atoms with Crippen molar-refractivity contribution in [3.05, 3.63) is 93.0 Å². The molecule has 0 saturated carbocycles. The van der Waals surface area contributed by atoms with E-state index >= 15 is 0 Å². The van der Waals surface area contributed by atoms with Gasteiger partial charge in [-0.05, 0) is 42.5 Å².